The summed E-state index contributed by atoms with van der Waals surface area (Å²) in [6.07, 6.45) is 0. The van der Waals surface area contributed by atoms with E-state index in [-0.39, 0.29) is 17.3 Å². The lowest BCUT2D eigenvalue weighted by Crippen LogP contribution is -2.15. The number of hydrogen-bond donors (Lipinski definition) is 1. The number of carbonyl (C=O) groups excluding carboxylic acids is 1. The quantitative estimate of drug-likeness (QED) is 0.394. The van der Waals surface area contributed by atoms with Crippen LogP contribution in [0.2, 0.25) is 0 Å². The minimum atomic E-state index is -0.500. The van der Waals surface area contributed by atoms with Crippen molar-refractivity contribution in [2.45, 2.75) is 19.0 Å². The standard InChI is InChI=1S/C17H16N6O3S/c1-11-3-6-13(7-4-11)22-17(19-20-21-22)27-10-16(24)18-15-9-14(23(25)26)8-5-12(15)2/h3-9H,10H2,1-2H3,(H,18,24). The first-order chi connectivity index (χ1) is 12.9. The molecule has 0 aliphatic heterocycles. The van der Waals surface area contributed by atoms with Crippen molar-refractivity contribution in [2.75, 3.05) is 11.1 Å². The predicted molar refractivity (Wildman–Crippen MR) is 101 cm³/mol. The van der Waals surface area contributed by atoms with E-state index in [1.165, 1.54) is 23.9 Å². The van der Waals surface area contributed by atoms with Gasteiger partial charge in [0.1, 0.15) is 0 Å². The van der Waals surface area contributed by atoms with Crippen molar-refractivity contribution in [3.8, 4) is 5.69 Å². The Balaban J connectivity index is 1.67. The fourth-order valence-electron chi connectivity index (χ4n) is 2.29. The first-order valence-electron chi connectivity index (χ1n) is 7.97. The van der Waals surface area contributed by atoms with Crippen LogP contribution >= 0.6 is 11.8 Å². The largest absolute Gasteiger partial charge is 0.325 e. The molecule has 1 N–H and O–H groups in total. The summed E-state index contributed by atoms with van der Waals surface area (Å²) in [5.74, 6) is -0.240. The van der Waals surface area contributed by atoms with Crippen molar-refractivity contribution >= 4 is 29.0 Å². The zero-order valence-electron chi connectivity index (χ0n) is 14.6. The molecule has 3 aromatic rings. The molecular formula is C17H16N6O3S. The third kappa shape index (κ3) is 4.47. The summed E-state index contributed by atoms with van der Waals surface area (Å²) in [5.41, 5.74) is 2.99. The zero-order chi connectivity index (χ0) is 19.4. The normalized spacial score (nSPS) is 10.6. The number of benzene rings is 2. The number of hydrogen-bond acceptors (Lipinski definition) is 7. The van der Waals surface area contributed by atoms with Gasteiger partial charge in [-0.05, 0) is 42.0 Å². The topological polar surface area (TPSA) is 116 Å². The van der Waals surface area contributed by atoms with Gasteiger partial charge in [0.15, 0.2) is 0 Å². The van der Waals surface area contributed by atoms with E-state index in [1.807, 2.05) is 31.2 Å². The molecule has 1 aromatic heterocycles. The first kappa shape index (κ1) is 18.5. The highest BCUT2D eigenvalue weighted by Gasteiger charge is 2.14. The molecule has 0 saturated heterocycles. The highest BCUT2D eigenvalue weighted by molar-refractivity contribution is 7.99. The molecule has 0 radical (unpaired) electrons. The Labute approximate surface area is 158 Å². The lowest BCUT2D eigenvalue weighted by Gasteiger charge is -2.08. The van der Waals surface area contributed by atoms with Crippen LogP contribution in [0.5, 0.6) is 0 Å². The number of thioether (sulfide) groups is 1. The number of aromatic nitrogens is 4. The third-order valence-corrected chi connectivity index (χ3v) is 4.68. The van der Waals surface area contributed by atoms with Gasteiger partial charge in [-0.3, -0.25) is 14.9 Å². The van der Waals surface area contributed by atoms with Gasteiger partial charge in [-0.25, -0.2) is 0 Å². The second kappa shape index (κ2) is 7.96. The summed E-state index contributed by atoms with van der Waals surface area (Å²) in [6.45, 7) is 3.75. The number of amides is 1. The van der Waals surface area contributed by atoms with Crippen LogP contribution in [0.15, 0.2) is 47.6 Å². The Kier molecular flexibility index (Phi) is 5.46. The van der Waals surface area contributed by atoms with Gasteiger partial charge in [-0.2, -0.15) is 4.68 Å². The van der Waals surface area contributed by atoms with Crippen LogP contribution in [0.1, 0.15) is 11.1 Å². The summed E-state index contributed by atoms with van der Waals surface area (Å²) in [4.78, 5) is 22.6. The molecule has 1 amide bonds. The molecule has 9 nitrogen and oxygen atoms in total. The Morgan fingerprint density at radius 1 is 1.22 bits per heavy atom. The maximum atomic E-state index is 12.3. The number of tetrazole rings is 1. The van der Waals surface area contributed by atoms with Crippen molar-refractivity contribution in [2.24, 2.45) is 0 Å². The lowest BCUT2D eigenvalue weighted by molar-refractivity contribution is -0.384. The number of rotatable bonds is 6. The molecule has 0 atom stereocenters. The lowest BCUT2D eigenvalue weighted by atomic mass is 10.2. The fraction of sp³-hybridized carbons (Fsp3) is 0.176. The molecule has 27 heavy (non-hydrogen) atoms. The Hall–Kier alpha value is -3.27. The van der Waals surface area contributed by atoms with Crippen LogP contribution in [0.4, 0.5) is 11.4 Å². The van der Waals surface area contributed by atoms with Gasteiger partial charge in [0.05, 0.1) is 22.1 Å². The number of nitrogens with one attached hydrogen (secondary N) is 1. The highest BCUT2D eigenvalue weighted by atomic mass is 32.2. The van der Waals surface area contributed by atoms with Crippen LogP contribution in [-0.2, 0) is 4.79 Å². The predicted octanol–water partition coefficient (Wildman–Crippen LogP) is 2.92. The average molecular weight is 384 g/mol. The number of anilines is 1. The van der Waals surface area contributed by atoms with E-state index in [4.69, 9.17) is 0 Å². The van der Waals surface area contributed by atoms with E-state index < -0.39 is 4.92 Å². The molecule has 138 valence electrons. The van der Waals surface area contributed by atoms with Gasteiger partial charge >= 0.3 is 0 Å². The molecular weight excluding hydrogens is 368 g/mol. The maximum absolute atomic E-state index is 12.3. The maximum Gasteiger partial charge on any atom is 0.271 e. The number of non-ortho nitro benzene ring substituents is 1. The highest BCUT2D eigenvalue weighted by Crippen LogP contribution is 2.23. The van der Waals surface area contributed by atoms with Crippen molar-refractivity contribution in [1.29, 1.82) is 0 Å². The van der Waals surface area contributed by atoms with Gasteiger partial charge in [-0.15, -0.1) is 5.10 Å². The summed E-state index contributed by atoms with van der Waals surface area (Å²) in [5, 5.41) is 25.6. The van der Waals surface area contributed by atoms with Gasteiger partial charge < -0.3 is 5.32 Å². The van der Waals surface area contributed by atoms with Crippen LogP contribution in [-0.4, -0.2) is 36.8 Å². The molecule has 0 fully saturated rings. The number of nitro benzene ring substituents is 1. The summed E-state index contributed by atoms with van der Waals surface area (Å²) >= 11 is 1.18. The molecule has 0 unspecified atom stereocenters. The van der Waals surface area contributed by atoms with Crippen molar-refractivity contribution < 1.29 is 9.72 Å². The van der Waals surface area contributed by atoms with Crippen molar-refractivity contribution in [3.63, 3.8) is 0 Å². The number of aryl methyl sites for hydroxylation is 2. The Bertz CT molecular complexity index is 987. The summed E-state index contributed by atoms with van der Waals surface area (Å²) in [7, 11) is 0. The van der Waals surface area contributed by atoms with Crippen LogP contribution < -0.4 is 5.32 Å². The van der Waals surface area contributed by atoms with E-state index >= 15 is 0 Å². The van der Waals surface area contributed by atoms with E-state index in [2.05, 4.69) is 20.8 Å². The van der Waals surface area contributed by atoms with Crippen LogP contribution in [0.25, 0.3) is 5.69 Å². The Morgan fingerprint density at radius 2 is 1.96 bits per heavy atom. The number of nitrogens with zero attached hydrogens (tertiary/aromatic N) is 5. The summed E-state index contributed by atoms with van der Waals surface area (Å²) < 4.78 is 1.55. The monoisotopic (exact) mass is 384 g/mol. The number of nitro groups is 1. The van der Waals surface area contributed by atoms with Crippen LogP contribution in [0.3, 0.4) is 0 Å². The molecule has 0 aliphatic carbocycles. The van der Waals surface area contributed by atoms with Crippen molar-refractivity contribution in [3.05, 3.63) is 63.7 Å². The smallest absolute Gasteiger partial charge is 0.271 e. The van der Waals surface area contributed by atoms with Crippen molar-refractivity contribution in [1.82, 2.24) is 20.2 Å². The number of carbonyl (C=O) groups is 1. The van der Waals surface area contributed by atoms with E-state index in [0.717, 1.165) is 16.8 Å². The van der Waals surface area contributed by atoms with Gasteiger partial charge in [0.25, 0.3) is 5.69 Å². The molecule has 0 saturated carbocycles. The minimum Gasteiger partial charge on any atom is -0.325 e. The first-order valence-corrected chi connectivity index (χ1v) is 8.96. The van der Waals surface area contributed by atoms with Gasteiger partial charge in [0, 0.05) is 12.1 Å². The molecule has 0 aliphatic rings. The fourth-order valence-corrected chi connectivity index (χ4v) is 2.98. The van der Waals surface area contributed by atoms with Gasteiger partial charge in [-0.1, -0.05) is 35.5 Å². The average Bonchev–Trinajstić information content (AvgIpc) is 3.11. The molecule has 3 rings (SSSR count). The van der Waals surface area contributed by atoms with E-state index in [9.17, 15) is 14.9 Å². The minimum absolute atomic E-state index is 0.0639. The van der Waals surface area contributed by atoms with E-state index in [1.54, 1.807) is 17.7 Å². The molecule has 10 heteroatoms. The second-order valence-corrected chi connectivity index (χ2v) is 6.74. The SMILES string of the molecule is Cc1ccc(-n2nnnc2SCC(=O)Nc2cc([N+](=O)[O-])ccc2C)cc1. The third-order valence-electron chi connectivity index (χ3n) is 3.76. The Morgan fingerprint density at radius 3 is 2.67 bits per heavy atom. The zero-order valence-corrected chi connectivity index (χ0v) is 15.4. The molecule has 0 bridgehead atoms. The van der Waals surface area contributed by atoms with Crippen LogP contribution in [0, 0.1) is 24.0 Å². The van der Waals surface area contributed by atoms with E-state index in [0.29, 0.717) is 10.8 Å². The summed E-state index contributed by atoms with van der Waals surface area (Å²) in [6, 6.07) is 12.0. The van der Waals surface area contributed by atoms with Gasteiger partial charge in [0.2, 0.25) is 11.1 Å². The molecule has 0 spiro atoms. The second-order valence-electron chi connectivity index (χ2n) is 5.80. The molecule has 2 aromatic carbocycles. The molecule has 1 heterocycles.